The van der Waals surface area contributed by atoms with E-state index in [9.17, 15) is 45.5 Å². The Morgan fingerprint density at radius 2 is 0.938 bits per heavy atom. The van der Waals surface area contributed by atoms with Crippen LogP contribution >= 0.6 is 0 Å². The SMILES string of the molecule is O=C1Nc2ccc(OC(F)(F)F)cc2C1=O.O=C1Nc2ccc(OC(F)(F)F)cc2C1=O. The summed E-state index contributed by atoms with van der Waals surface area (Å²) in [5.41, 5.74) is 0.132. The predicted molar refractivity (Wildman–Crippen MR) is 92.2 cm³/mol. The van der Waals surface area contributed by atoms with Gasteiger partial charge >= 0.3 is 12.7 Å². The molecule has 2 aromatic rings. The lowest BCUT2D eigenvalue weighted by molar-refractivity contribution is -0.275. The molecule has 2 aliphatic rings. The van der Waals surface area contributed by atoms with Crippen LogP contribution in [0.1, 0.15) is 20.7 Å². The van der Waals surface area contributed by atoms with Crippen molar-refractivity contribution in [1.82, 2.24) is 0 Å². The summed E-state index contributed by atoms with van der Waals surface area (Å²) in [6.07, 6.45) is -9.65. The number of nitrogens with one attached hydrogen (secondary N) is 2. The third-order valence-electron chi connectivity index (χ3n) is 3.85. The predicted octanol–water partition coefficient (Wildman–Crippen LogP) is 3.44. The van der Waals surface area contributed by atoms with E-state index in [1.165, 1.54) is 12.1 Å². The van der Waals surface area contributed by atoms with Crippen LogP contribution in [0, 0.1) is 0 Å². The van der Waals surface area contributed by atoms with E-state index in [2.05, 4.69) is 20.1 Å². The first-order valence-corrected chi connectivity index (χ1v) is 8.24. The molecule has 0 bridgehead atoms. The molecule has 2 N–H and O–H groups in total. The fourth-order valence-electron chi connectivity index (χ4n) is 2.64. The van der Waals surface area contributed by atoms with Gasteiger partial charge in [-0.1, -0.05) is 0 Å². The second-order valence-corrected chi connectivity index (χ2v) is 6.08. The van der Waals surface area contributed by atoms with Crippen LogP contribution in [0.4, 0.5) is 37.7 Å². The van der Waals surface area contributed by atoms with Crippen molar-refractivity contribution >= 4 is 34.8 Å². The van der Waals surface area contributed by atoms with E-state index in [0.717, 1.165) is 24.3 Å². The number of anilines is 2. The number of rotatable bonds is 2. The summed E-state index contributed by atoms with van der Waals surface area (Å²) in [7, 11) is 0. The Morgan fingerprint density at radius 3 is 1.25 bits per heavy atom. The van der Waals surface area contributed by atoms with Crippen LogP contribution < -0.4 is 20.1 Å². The Hall–Kier alpha value is -4.10. The number of ether oxygens (including phenoxy) is 2. The molecule has 0 saturated carbocycles. The summed E-state index contributed by atoms with van der Waals surface area (Å²) >= 11 is 0. The summed E-state index contributed by atoms with van der Waals surface area (Å²) in [5.74, 6) is -4.53. The Morgan fingerprint density at radius 1 is 0.594 bits per heavy atom. The van der Waals surface area contributed by atoms with Crippen molar-refractivity contribution in [2.24, 2.45) is 0 Å². The molecule has 8 nitrogen and oxygen atoms in total. The number of halogens is 6. The molecular formula is C18H8F6N2O6. The number of benzene rings is 2. The number of alkyl halides is 6. The van der Waals surface area contributed by atoms with E-state index >= 15 is 0 Å². The second kappa shape index (κ2) is 7.86. The van der Waals surface area contributed by atoms with Gasteiger partial charge in [-0.15, -0.1) is 26.3 Å². The molecule has 0 radical (unpaired) electrons. The highest BCUT2D eigenvalue weighted by Crippen LogP contribution is 2.31. The van der Waals surface area contributed by atoms with E-state index < -0.39 is 47.6 Å². The third kappa shape index (κ3) is 5.14. The maximum absolute atomic E-state index is 11.9. The number of Topliss-reactive ketones (excluding diaryl/α,β-unsaturated/α-hetero) is 2. The minimum absolute atomic E-state index is 0.119. The third-order valence-corrected chi connectivity index (χ3v) is 3.85. The van der Waals surface area contributed by atoms with Gasteiger partial charge < -0.3 is 20.1 Å². The highest BCUT2D eigenvalue weighted by atomic mass is 19.4. The van der Waals surface area contributed by atoms with Gasteiger partial charge in [-0.25, -0.2) is 0 Å². The van der Waals surface area contributed by atoms with Gasteiger partial charge in [-0.3, -0.25) is 19.2 Å². The zero-order chi connectivity index (χ0) is 23.8. The van der Waals surface area contributed by atoms with Crippen molar-refractivity contribution in [3.8, 4) is 11.5 Å². The summed E-state index contributed by atoms with van der Waals surface area (Å²) in [4.78, 5) is 44.1. The van der Waals surface area contributed by atoms with Crippen LogP contribution in [0.3, 0.4) is 0 Å². The first-order valence-electron chi connectivity index (χ1n) is 8.24. The van der Waals surface area contributed by atoms with Crippen LogP contribution in [0.5, 0.6) is 11.5 Å². The normalized spacial score (nSPS) is 14.7. The summed E-state index contributed by atoms with van der Waals surface area (Å²) in [6.45, 7) is 0. The number of ketones is 2. The molecule has 4 rings (SSSR count). The molecule has 0 fully saturated rings. The Kier molecular flexibility index (Phi) is 5.55. The first kappa shape index (κ1) is 22.6. The van der Waals surface area contributed by atoms with Crippen LogP contribution in [-0.4, -0.2) is 36.1 Å². The lowest BCUT2D eigenvalue weighted by Crippen LogP contribution is -2.17. The van der Waals surface area contributed by atoms with Crippen molar-refractivity contribution in [2.75, 3.05) is 10.6 Å². The number of carbonyl (C=O) groups is 4. The van der Waals surface area contributed by atoms with E-state index in [-0.39, 0.29) is 22.5 Å². The first-order chi connectivity index (χ1) is 14.7. The summed E-state index contributed by atoms with van der Waals surface area (Å²) < 4.78 is 78.5. The lowest BCUT2D eigenvalue weighted by atomic mass is 10.1. The van der Waals surface area contributed by atoms with E-state index in [1.54, 1.807) is 0 Å². The zero-order valence-corrected chi connectivity index (χ0v) is 15.2. The smallest absolute Gasteiger partial charge is 0.406 e. The van der Waals surface area contributed by atoms with E-state index in [0.29, 0.717) is 0 Å². The quantitative estimate of drug-likeness (QED) is 0.523. The summed E-state index contributed by atoms with van der Waals surface area (Å²) in [6, 6.07) is 6.15. The highest BCUT2D eigenvalue weighted by Gasteiger charge is 2.34. The zero-order valence-electron chi connectivity index (χ0n) is 15.2. The van der Waals surface area contributed by atoms with Crippen LogP contribution in [0.25, 0.3) is 0 Å². The van der Waals surface area contributed by atoms with Gasteiger partial charge in [0.2, 0.25) is 0 Å². The van der Waals surface area contributed by atoms with Gasteiger partial charge in [-0.2, -0.15) is 0 Å². The van der Waals surface area contributed by atoms with Crippen molar-refractivity contribution in [2.45, 2.75) is 12.7 Å². The molecule has 2 aliphatic heterocycles. The van der Waals surface area contributed by atoms with Crippen LogP contribution in [-0.2, 0) is 9.59 Å². The Bertz CT molecular complexity index is 1050. The average Bonchev–Trinajstić information content (AvgIpc) is 3.09. The van der Waals surface area contributed by atoms with E-state index in [4.69, 9.17) is 0 Å². The minimum Gasteiger partial charge on any atom is -0.406 e. The van der Waals surface area contributed by atoms with E-state index in [1.807, 2.05) is 0 Å². The molecule has 0 spiro atoms. The maximum Gasteiger partial charge on any atom is 0.573 e. The number of amides is 2. The molecule has 2 aromatic carbocycles. The van der Waals surface area contributed by atoms with Gasteiger partial charge in [0.1, 0.15) is 11.5 Å². The lowest BCUT2D eigenvalue weighted by Gasteiger charge is -2.09. The van der Waals surface area contributed by atoms with Gasteiger partial charge in [0.05, 0.1) is 22.5 Å². The topological polar surface area (TPSA) is 111 Å². The van der Waals surface area contributed by atoms with Gasteiger partial charge in [0.15, 0.2) is 0 Å². The fraction of sp³-hybridized carbons (Fsp3) is 0.111. The molecule has 2 heterocycles. The monoisotopic (exact) mass is 462 g/mol. The number of hydrogen-bond donors (Lipinski definition) is 2. The number of hydrogen-bond acceptors (Lipinski definition) is 6. The molecule has 168 valence electrons. The molecule has 0 unspecified atom stereocenters. The van der Waals surface area contributed by atoms with Gasteiger partial charge in [0, 0.05) is 0 Å². The number of carbonyl (C=O) groups excluding carboxylic acids is 4. The fourth-order valence-corrected chi connectivity index (χ4v) is 2.64. The molecule has 0 aromatic heterocycles. The molecule has 32 heavy (non-hydrogen) atoms. The van der Waals surface area contributed by atoms with Crippen molar-refractivity contribution in [1.29, 1.82) is 0 Å². The molecular weight excluding hydrogens is 454 g/mol. The second-order valence-electron chi connectivity index (χ2n) is 6.08. The number of fused-ring (bicyclic) bond motifs is 2. The standard InChI is InChI=1S/2C9H4F3NO3/c2*10-9(11,12)16-4-1-2-6-5(3-4)7(14)8(15)13-6/h2*1-3H,(H,13,14,15). The molecule has 0 saturated heterocycles. The maximum atomic E-state index is 11.9. The van der Waals surface area contributed by atoms with Crippen molar-refractivity contribution in [3.05, 3.63) is 47.5 Å². The molecule has 0 atom stereocenters. The largest absolute Gasteiger partial charge is 0.573 e. The average molecular weight is 462 g/mol. The summed E-state index contributed by atoms with van der Waals surface area (Å²) in [5, 5.41) is 4.42. The van der Waals surface area contributed by atoms with Crippen LogP contribution in [0.2, 0.25) is 0 Å². The molecule has 0 aliphatic carbocycles. The van der Waals surface area contributed by atoms with Gasteiger partial charge in [0.25, 0.3) is 23.4 Å². The van der Waals surface area contributed by atoms with Crippen LogP contribution in [0.15, 0.2) is 36.4 Å². The highest BCUT2D eigenvalue weighted by molar-refractivity contribution is 6.52. The van der Waals surface area contributed by atoms with Crippen molar-refractivity contribution < 1.29 is 55.0 Å². The molecule has 2 amide bonds. The minimum atomic E-state index is -4.83. The van der Waals surface area contributed by atoms with Gasteiger partial charge in [-0.05, 0) is 36.4 Å². The van der Waals surface area contributed by atoms with Crippen molar-refractivity contribution in [3.63, 3.8) is 0 Å². The Labute approximate surface area is 173 Å². The molecule has 14 heteroatoms. The Balaban J connectivity index is 0.000000181.